The zero-order valence-corrected chi connectivity index (χ0v) is 9.99. The number of nitrogens with zero attached hydrogens (tertiary/aromatic N) is 4. The minimum absolute atomic E-state index is 0.736. The molecule has 2 aromatic heterocycles. The summed E-state index contributed by atoms with van der Waals surface area (Å²) in [5.74, 6) is 1.50. The first-order valence-corrected chi connectivity index (χ1v) is 5.75. The van der Waals surface area contributed by atoms with E-state index in [0.717, 1.165) is 23.0 Å². The number of benzene rings is 1. The SMILES string of the molecule is Cc1nc(-c2ccccn2)n(-c2ccccc2)n1. The molecule has 1 aromatic carbocycles. The molecule has 0 aliphatic rings. The normalized spacial score (nSPS) is 10.5. The average Bonchev–Trinajstić information content (AvgIpc) is 2.83. The second kappa shape index (κ2) is 4.41. The van der Waals surface area contributed by atoms with Gasteiger partial charge in [-0.05, 0) is 31.2 Å². The Bertz CT molecular complexity index is 587. The molecule has 4 heteroatoms. The first-order chi connectivity index (χ1) is 8.84. The summed E-state index contributed by atoms with van der Waals surface area (Å²) >= 11 is 0. The zero-order valence-electron chi connectivity index (χ0n) is 9.99. The molecular weight excluding hydrogens is 224 g/mol. The number of aromatic nitrogens is 4. The van der Waals surface area contributed by atoms with Gasteiger partial charge in [0.2, 0.25) is 0 Å². The predicted molar refractivity (Wildman–Crippen MR) is 69.3 cm³/mol. The third-order valence-corrected chi connectivity index (χ3v) is 2.61. The van der Waals surface area contributed by atoms with E-state index in [1.165, 1.54) is 0 Å². The molecule has 0 amide bonds. The molecule has 0 aliphatic heterocycles. The van der Waals surface area contributed by atoms with Gasteiger partial charge in [-0.2, -0.15) is 5.10 Å². The summed E-state index contributed by atoms with van der Waals surface area (Å²) in [6.07, 6.45) is 1.76. The van der Waals surface area contributed by atoms with Gasteiger partial charge in [0.05, 0.1) is 5.69 Å². The quantitative estimate of drug-likeness (QED) is 0.687. The van der Waals surface area contributed by atoms with E-state index in [4.69, 9.17) is 0 Å². The van der Waals surface area contributed by atoms with Gasteiger partial charge in [-0.3, -0.25) is 4.98 Å². The third-order valence-electron chi connectivity index (χ3n) is 2.61. The summed E-state index contributed by atoms with van der Waals surface area (Å²) in [6, 6.07) is 15.7. The molecule has 0 N–H and O–H groups in total. The highest BCUT2D eigenvalue weighted by molar-refractivity contribution is 5.52. The average molecular weight is 236 g/mol. The van der Waals surface area contributed by atoms with Gasteiger partial charge < -0.3 is 0 Å². The van der Waals surface area contributed by atoms with E-state index in [1.54, 1.807) is 6.20 Å². The molecule has 0 radical (unpaired) electrons. The van der Waals surface area contributed by atoms with Crippen LogP contribution in [-0.4, -0.2) is 19.7 Å². The van der Waals surface area contributed by atoms with Gasteiger partial charge in [0.1, 0.15) is 11.5 Å². The van der Waals surface area contributed by atoms with Gasteiger partial charge in [-0.1, -0.05) is 24.3 Å². The van der Waals surface area contributed by atoms with Crippen molar-refractivity contribution in [2.75, 3.05) is 0 Å². The number of pyridine rings is 1. The highest BCUT2D eigenvalue weighted by Gasteiger charge is 2.11. The van der Waals surface area contributed by atoms with E-state index in [9.17, 15) is 0 Å². The summed E-state index contributed by atoms with van der Waals surface area (Å²) in [4.78, 5) is 8.77. The minimum Gasteiger partial charge on any atom is -0.253 e. The van der Waals surface area contributed by atoms with E-state index >= 15 is 0 Å². The van der Waals surface area contributed by atoms with Crippen molar-refractivity contribution in [2.45, 2.75) is 6.92 Å². The van der Waals surface area contributed by atoms with Gasteiger partial charge in [0.15, 0.2) is 5.82 Å². The van der Waals surface area contributed by atoms with Crippen LogP contribution in [0.25, 0.3) is 17.2 Å². The van der Waals surface area contributed by atoms with Crippen LogP contribution in [0.5, 0.6) is 0 Å². The lowest BCUT2D eigenvalue weighted by Gasteiger charge is -2.04. The van der Waals surface area contributed by atoms with Crippen molar-refractivity contribution >= 4 is 0 Å². The fourth-order valence-electron chi connectivity index (χ4n) is 1.83. The molecule has 0 fully saturated rings. The number of aryl methyl sites for hydroxylation is 1. The number of rotatable bonds is 2. The largest absolute Gasteiger partial charge is 0.253 e. The van der Waals surface area contributed by atoms with Gasteiger partial charge in [0.25, 0.3) is 0 Å². The van der Waals surface area contributed by atoms with Gasteiger partial charge in [-0.15, -0.1) is 0 Å². The monoisotopic (exact) mass is 236 g/mol. The Kier molecular flexibility index (Phi) is 2.61. The molecule has 3 rings (SSSR count). The van der Waals surface area contributed by atoms with Crippen LogP contribution in [0.3, 0.4) is 0 Å². The van der Waals surface area contributed by atoms with Crippen LogP contribution in [0, 0.1) is 6.92 Å². The topological polar surface area (TPSA) is 43.6 Å². The molecular formula is C14H12N4. The van der Waals surface area contributed by atoms with Crippen molar-refractivity contribution < 1.29 is 0 Å². The van der Waals surface area contributed by atoms with Crippen LogP contribution < -0.4 is 0 Å². The fraction of sp³-hybridized carbons (Fsp3) is 0.0714. The van der Waals surface area contributed by atoms with E-state index in [-0.39, 0.29) is 0 Å². The molecule has 4 nitrogen and oxygen atoms in total. The standard InChI is InChI=1S/C14H12N4/c1-11-16-14(13-9-5-6-10-15-13)18(17-11)12-7-3-2-4-8-12/h2-10H,1H3. The molecule has 0 spiro atoms. The molecule has 0 bridgehead atoms. The Morgan fingerprint density at radius 2 is 1.72 bits per heavy atom. The Morgan fingerprint density at radius 1 is 0.944 bits per heavy atom. The first-order valence-electron chi connectivity index (χ1n) is 5.75. The maximum atomic E-state index is 4.45. The summed E-state index contributed by atoms with van der Waals surface area (Å²) in [6.45, 7) is 1.88. The number of hydrogen-bond acceptors (Lipinski definition) is 3. The molecule has 0 saturated heterocycles. The van der Waals surface area contributed by atoms with E-state index in [0.29, 0.717) is 0 Å². The van der Waals surface area contributed by atoms with E-state index < -0.39 is 0 Å². The second-order valence-corrected chi connectivity index (χ2v) is 3.94. The number of para-hydroxylation sites is 1. The van der Waals surface area contributed by atoms with Crippen LogP contribution in [0.2, 0.25) is 0 Å². The zero-order chi connectivity index (χ0) is 12.4. The van der Waals surface area contributed by atoms with Crippen molar-refractivity contribution in [1.82, 2.24) is 19.7 Å². The van der Waals surface area contributed by atoms with Gasteiger partial charge in [-0.25, -0.2) is 9.67 Å². The molecule has 0 saturated carbocycles. The summed E-state index contributed by atoms with van der Waals surface area (Å²) in [5, 5.41) is 4.42. The summed E-state index contributed by atoms with van der Waals surface area (Å²) < 4.78 is 1.82. The first kappa shape index (κ1) is 10.7. The second-order valence-electron chi connectivity index (χ2n) is 3.94. The van der Waals surface area contributed by atoms with Crippen molar-refractivity contribution in [3.8, 4) is 17.2 Å². The third kappa shape index (κ3) is 1.88. The molecule has 18 heavy (non-hydrogen) atoms. The maximum absolute atomic E-state index is 4.45. The maximum Gasteiger partial charge on any atom is 0.181 e. The van der Waals surface area contributed by atoms with Crippen LogP contribution >= 0.6 is 0 Å². The lowest BCUT2D eigenvalue weighted by atomic mass is 10.3. The lowest BCUT2D eigenvalue weighted by molar-refractivity contribution is 0.866. The Morgan fingerprint density at radius 3 is 2.44 bits per heavy atom. The molecule has 2 heterocycles. The Hall–Kier alpha value is -2.49. The van der Waals surface area contributed by atoms with Crippen LogP contribution in [-0.2, 0) is 0 Å². The van der Waals surface area contributed by atoms with E-state index in [2.05, 4.69) is 15.1 Å². The van der Waals surface area contributed by atoms with Gasteiger partial charge in [0, 0.05) is 6.20 Å². The molecule has 0 aliphatic carbocycles. The molecule has 0 atom stereocenters. The van der Waals surface area contributed by atoms with Crippen LogP contribution in [0.4, 0.5) is 0 Å². The molecule has 0 unspecified atom stereocenters. The van der Waals surface area contributed by atoms with Gasteiger partial charge >= 0.3 is 0 Å². The molecule has 3 aromatic rings. The predicted octanol–water partition coefficient (Wildman–Crippen LogP) is 2.64. The molecule has 88 valence electrons. The minimum atomic E-state index is 0.736. The van der Waals surface area contributed by atoms with Crippen molar-refractivity contribution in [1.29, 1.82) is 0 Å². The fourth-order valence-corrected chi connectivity index (χ4v) is 1.83. The lowest BCUT2D eigenvalue weighted by Crippen LogP contribution is -2.00. The Labute approximate surface area is 105 Å². The highest BCUT2D eigenvalue weighted by Crippen LogP contribution is 2.18. The number of hydrogen-bond donors (Lipinski definition) is 0. The van der Waals surface area contributed by atoms with Crippen LogP contribution in [0.15, 0.2) is 54.7 Å². The highest BCUT2D eigenvalue weighted by atomic mass is 15.4. The van der Waals surface area contributed by atoms with Crippen molar-refractivity contribution in [3.63, 3.8) is 0 Å². The summed E-state index contributed by atoms with van der Waals surface area (Å²) in [7, 11) is 0. The van der Waals surface area contributed by atoms with Crippen LogP contribution in [0.1, 0.15) is 5.82 Å². The smallest absolute Gasteiger partial charge is 0.181 e. The van der Waals surface area contributed by atoms with E-state index in [1.807, 2.05) is 60.1 Å². The summed E-state index contributed by atoms with van der Waals surface area (Å²) in [5.41, 5.74) is 1.81. The van der Waals surface area contributed by atoms with Crippen molar-refractivity contribution in [3.05, 3.63) is 60.6 Å². The Balaban J connectivity index is 2.17. The van der Waals surface area contributed by atoms with Crippen molar-refractivity contribution in [2.24, 2.45) is 0 Å².